The van der Waals surface area contributed by atoms with Crippen LogP contribution in [0.5, 0.6) is 0 Å². The van der Waals surface area contributed by atoms with Crippen LogP contribution in [-0.2, 0) is 11.3 Å². The van der Waals surface area contributed by atoms with Crippen LogP contribution in [0.25, 0.3) is 22.8 Å². The Hall–Kier alpha value is -2.39. The molecule has 0 unspecified atom stereocenters. The predicted octanol–water partition coefficient (Wildman–Crippen LogP) is 6.89. The van der Waals surface area contributed by atoms with E-state index < -0.39 is 0 Å². The van der Waals surface area contributed by atoms with Crippen LogP contribution in [0.15, 0.2) is 65.1 Å². The first-order chi connectivity index (χ1) is 13.4. The van der Waals surface area contributed by atoms with Crippen molar-refractivity contribution in [1.29, 1.82) is 0 Å². The Balaban J connectivity index is 1.63. The Morgan fingerprint density at radius 3 is 2.11 bits per heavy atom. The van der Waals surface area contributed by atoms with Crippen molar-refractivity contribution in [2.45, 2.75) is 52.1 Å². The van der Waals surface area contributed by atoms with E-state index in [1.807, 2.05) is 60.7 Å². The monoisotopic (exact) mass is 363 g/mol. The second kappa shape index (κ2) is 10.7. The van der Waals surface area contributed by atoms with E-state index in [0.717, 1.165) is 35.6 Å². The molecule has 0 saturated carbocycles. The van der Waals surface area contributed by atoms with Gasteiger partial charge in [-0.2, -0.15) is 0 Å². The van der Waals surface area contributed by atoms with Gasteiger partial charge in [0, 0.05) is 17.7 Å². The number of nitrogens with zero attached hydrogens (tertiary/aromatic N) is 1. The molecule has 0 spiro atoms. The number of oxazole rings is 1. The fraction of sp³-hybridized carbons (Fsp3) is 0.375. The third-order valence-electron chi connectivity index (χ3n) is 4.64. The SMILES string of the molecule is CCCCCCCCOCc1nc(-c2ccccc2)oc1-c1ccccc1. The minimum absolute atomic E-state index is 0.482. The van der Waals surface area contributed by atoms with E-state index in [-0.39, 0.29) is 0 Å². The van der Waals surface area contributed by atoms with Crippen LogP contribution in [0.2, 0.25) is 0 Å². The van der Waals surface area contributed by atoms with Gasteiger partial charge in [0.2, 0.25) is 5.89 Å². The summed E-state index contributed by atoms with van der Waals surface area (Å²) in [5.74, 6) is 1.45. The number of aromatic nitrogens is 1. The van der Waals surface area contributed by atoms with Crippen LogP contribution in [0, 0.1) is 0 Å². The van der Waals surface area contributed by atoms with Gasteiger partial charge in [-0.25, -0.2) is 4.98 Å². The van der Waals surface area contributed by atoms with Crippen molar-refractivity contribution >= 4 is 0 Å². The average Bonchev–Trinajstić information content (AvgIpc) is 3.15. The summed E-state index contributed by atoms with van der Waals surface area (Å²) in [5.41, 5.74) is 2.88. The predicted molar refractivity (Wildman–Crippen MR) is 110 cm³/mol. The highest BCUT2D eigenvalue weighted by Crippen LogP contribution is 2.30. The highest BCUT2D eigenvalue weighted by Gasteiger charge is 2.16. The molecule has 3 heteroatoms. The van der Waals surface area contributed by atoms with Gasteiger partial charge in [0.15, 0.2) is 5.76 Å². The van der Waals surface area contributed by atoms with Crippen molar-refractivity contribution in [3.63, 3.8) is 0 Å². The largest absolute Gasteiger partial charge is 0.436 e. The van der Waals surface area contributed by atoms with Gasteiger partial charge in [0.05, 0.1) is 6.61 Å². The molecule has 0 aliphatic heterocycles. The van der Waals surface area contributed by atoms with Gasteiger partial charge < -0.3 is 9.15 Å². The maximum Gasteiger partial charge on any atom is 0.227 e. The third kappa shape index (κ3) is 5.80. The lowest BCUT2D eigenvalue weighted by molar-refractivity contribution is 0.114. The normalized spacial score (nSPS) is 11.0. The zero-order valence-electron chi connectivity index (χ0n) is 16.2. The molecule has 0 amide bonds. The van der Waals surface area contributed by atoms with Crippen molar-refractivity contribution in [2.75, 3.05) is 6.61 Å². The molecule has 142 valence electrons. The molecule has 0 atom stereocenters. The zero-order valence-corrected chi connectivity index (χ0v) is 16.2. The molecular weight excluding hydrogens is 334 g/mol. The molecule has 0 fully saturated rings. The van der Waals surface area contributed by atoms with Gasteiger partial charge in [-0.05, 0) is 18.6 Å². The van der Waals surface area contributed by atoms with Crippen molar-refractivity contribution in [3.8, 4) is 22.8 Å². The first-order valence-corrected chi connectivity index (χ1v) is 10.1. The first kappa shape index (κ1) is 19.4. The van der Waals surface area contributed by atoms with E-state index in [0.29, 0.717) is 12.5 Å². The van der Waals surface area contributed by atoms with E-state index in [9.17, 15) is 0 Å². The molecule has 0 aliphatic rings. The topological polar surface area (TPSA) is 35.3 Å². The Labute approximate surface area is 162 Å². The Morgan fingerprint density at radius 1 is 0.778 bits per heavy atom. The number of hydrogen-bond acceptors (Lipinski definition) is 3. The van der Waals surface area contributed by atoms with Crippen LogP contribution in [0.4, 0.5) is 0 Å². The zero-order chi connectivity index (χ0) is 18.7. The van der Waals surface area contributed by atoms with Crippen molar-refractivity contribution in [1.82, 2.24) is 4.98 Å². The molecule has 0 radical (unpaired) electrons. The van der Waals surface area contributed by atoms with Crippen molar-refractivity contribution in [3.05, 3.63) is 66.4 Å². The summed E-state index contributed by atoms with van der Waals surface area (Å²) in [6, 6.07) is 20.2. The van der Waals surface area contributed by atoms with Crippen molar-refractivity contribution < 1.29 is 9.15 Å². The molecule has 27 heavy (non-hydrogen) atoms. The maximum atomic E-state index is 6.12. The maximum absolute atomic E-state index is 6.12. The van der Waals surface area contributed by atoms with Gasteiger partial charge in [0.25, 0.3) is 0 Å². The Morgan fingerprint density at radius 2 is 1.41 bits per heavy atom. The minimum Gasteiger partial charge on any atom is -0.436 e. The summed E-state index contributed by atoms with van der Waals surface area (Å²) >= 11 is 0. The van der Waals surface area contributed by atoms with Crippen LogP contribution < -0.4 is 0 Å². The van der Waals surface area contributed by atoms with Crippen LogP contribution >= 0.6 is 0 Å². The van der Waals surface area contributed by atoms with E-state index in [1.54, 1.807) is 0 Å². The number of benzene rings is 2. The molecule has 0 N–H and O–H groups in total. The van der Waals surface area contributed by atoms with Crippen LogP contribution in [-0.4, -0.2) is 11.6 Å². The Bertz CT molecular complexity index is 781. The lowest BCUT2D eigenvalue weighted by atomic mass is 10.1. The summed E-state index contributed by atoms with van der Waals surface area (Å²) in [7, 11) is 0. The van der Waals surface area contributed by atoms with Gasteiger partial charge in [-0.1, -0.05) is 87.6 Å². The summed E-state index contributed by atoms with van der Waals surface area (Å²) in [5, 5.41) is 0. The molecule has 0 bridgehead atoms. The summed E-state index contributed by atoms with van der Waals surface area (Å²) < 4.78 is 12.0. The molecule has 3 rings (SSSR count). The molecule has 0 aliphatic carbocycles. The molecule has 1 aromatic heterocycles. The lowest BCUT2D eigenvalue weighted by Gasteiger charge is -2.04. The van der Waals surface area contributed by atoms with Gasteiger partial charge in [-0.3, -0.25) is 0 Å². The fourth-order valence-electron chi connectivity index (χ4n) is 3.12. The van der Waals surface area contributed by atoms with Crippen LogP contribution in [0.3, 0.4) is 0 Å². The number of unbranched alkanes of at least 4 members (excludes halogenated alkanes) is 5. The standard InChI is InChI=1S/C24H29NO2/c1-2-3-4-5-6-13-18-26-19-22-23(20-14-9-7-10-15-20)27-24(25-22)21-16-11-8-12-17-21/h7-12,14-17H,2-6,13,18-19H2,1H3. The summed E-state index contributed by atoms with van der Waals surface area (Å²) in [6.45, 7) is 3.50. The average molecular weight is 364 g/mol. The molecule has 2 aromatic carbocycles. The molecular formula is C24H29NO2. The molecule has 3 aromatic rings. The van der Waals surface area contributed by atoms with Crippen LogP contribution in [0.1, 0.15) is 51.1 Å². The highest BCUT2D eigenvalue weighted by molar-refractivity contribution is 5.64. The van der Waals surface area contributed by atoms with Crippen molar-refractivity contribution in [2.24, 2.45) is 0 Å². The smallest absolute Gasteiger partial charge is 0.227 e. The first-order valence-electron chi connectivity index (χ1n) is 10.1. The molecule has 1 heterocycles. The second-order valence-electron chi connectivity index (χ2n) is 6.85. The third-order valence-corrected chi connectivity index (χ3v) is 4.64. The van der Waals surface area contributed by atoms with E-state index >= 15 is 0 Å². The van der Waals surface area contributed by atoms with Gasteiger partial charge >= 0.3 is 0 Å². The number of ether oxygens (including phenoxy) is 1. The number of rotatable bonds is 11. The highest BCUT2D eigenvalue weighted by atomic mass is 16.5. The van der Waals surface area contributed by atoms with E-state index in [1.165, 1.54) is 32.1 Å². The quantitative estimate of drug-likeness (QED) is 0.348. The van der Waals surface area contributed by atoms with E-state index in [4.69, 9.17) is 14.1 Å². The number of hydrogen-bond donors (Lipinski definition) is 0. The summed E-state index contributed by atoms with van der Waals surface area (Å²) in [6.07, 6.45) is 7.59. The van der Waals surface area contributed by atoms with E-state index in [2.05, 4.69) is 6.92 Å². The second-order valence-corrected chi connectivity index (χ2v) is 6.85. The van der Waals surface area contributed by atoms with Gasteiger partial charge in [-0.15, -0.1) is 0 Å². The molecule has 0 saturated heterocycles. The lowest BCUT2D eigenvalue weighted by Crippen LogP contribution is -1.97. The Kier molecular flexibility index (Phi) is 7.67. The minimum atomic E-state index is 0.482. The summed E-state index contributed by atoms with van der Waals surface area (Å²) in [4.78, 5) is 4.72. The molecule has 3 nitrogen and oxygen atoms in total. The van der Waals surface area contributed by atoms with Gasteiger partial charge in [0.1, 0.15) is 5.69 Å². The fourth-order valence-corrected chi connectivity index (χ4v) is 3.12.